The number of fused-ring (bicyclic) bond motifs is 7. The molecule has 0 bridgehead atoms. The largest absolute Gasteiger partial charge is 0.342 e. The number of benzene rings is 6. The summed E-state index contributed by atoms with van der Waals surface area (Å²) in [4.78, 5) is 7.42. The third-order valence-electron chi connectivity index (χ3n) is 9.61. The highest BCUT2D eigenvalue weighted by molar-refractivity contribution is 7.22. The van der Waals surface area contributed by atoms with Gasteiger partial charge in [-0.3, -0.25) is 0 Å². The molecule has 9 rings (SSSR count). The van der Waals surface area contributed by atoms with Gasteiger partial charge in [-0.25, -0.2) is 4.98 Å². The summed E-state index contributed by atoms with van der Waals surface area (Å²) < 4.78 is 3.58. The standard InChI is InChI=1S/C41H31N3S/c1-41(2)32-16-10-11-17-36(32)44(29-14-8-5-9-15-29)37-23-19-28(25-33(37)41)27-18-22-35-31(24-27)30-20-21-34-39(38(30)43(35)3)45-40(42-34)26-12-6-4-7-13-26/h4-25H,1-3H3. The first-order valence-electron chi connectivity index (χ1n) is 15.5. The molecule has 0 radical (unpaired) electrons. The average molecular weight is 598 g/mol. The summed E-state index contributed by atoms with van der Waals surface area (Å²) in [7, 11) is 2.18. The molecule has 3 heterocycles. The Balaban J connectivity index is 1.21. The molecule has 3 nitrogen and oxygen atoms in total. The SMILES string of the molecule is Cn1c2ccc(-c3ccc4c(c3)C(C)(C)c3ccccc3N4c3ccccc3)cc2c2ccc3nc(-c4ccccc4)sc3c21. The van der Waals surface area contributed by atoms with Gasteiger partial charge in [-0.05, 0) is 76.9 Å². The number of para-hydroxylation sites is 2. The van der Waals surface area contributed by atoms with Gasteiger partial charge in [-0.15, -0.1) is 11.3 Å². The highest BCUT2D eigenvalue weighted by Gasteiger charge is 2.37. The maximum absolute atomic E-state index is 5.01. The van der Waals surface area contributed by atoms with E-state index in [1.165, 1.54) is 65.8 Å². The molecule has 0 saturated heterocycles. The van der Waals surface area contributed by atoms with Crippen molar-refractivity contribution in [2.75, 3.05) is 4.90 Å². The summed E-state index contributed by atoms with van der Waals surface area (Å²) in [5.41, 5.74) is 13.4. The van der Waals surface area contributed by atoms with Crippen LogP contribution in [0.3, 0.4) is 0 Å². The van der Waals surface area contributed by atoms with E-state index < -0.39 is 0 Å². The Labute approximate surface area is 266 Å². The zero-order valence-electron chi connectivity index (χ0n) is 25.5. The van der Waals surface area contributed by atoms with E-state index in [0.29, 0.717) is 0 Å². The average Bonchev–Trinajstić information content (AvgIpc) is 3.64. The quantitative estimate of drug-likeness (QED) is 0.202. The number of nitrogens with zero attached hydrogens (tertiary/aromatic N) is 3. The lowest BCUT2D eigenvalue weighted by Crippen LogP contribution is -2.30. The molecule has 0 spiro atoms. The summed E-state index contributed by atoms with van der Waals surface area (Å²) in [6, 6.07) is 48.4. The lowest BCUT2D eigenvalue weighted by Gasteiger charge is -2.42. The van der Waals surface area contributed by atoms with Gasteiger partial charge < -0.3 is 9.47 Å². The zero-order chi connectivity index (χ0) is 30.3. The predicted octanol–water partition coefficient (Wildman–Crippen LogP) is 11.4. The van der Waals surface area contributed by atoms with Crippen LogP contribution in [0.2, 0.25) is 0 Å². The first kappa shape index (κ1) is 26.2. The molecule has 8 aromatic rings. The smallest absolute Gasteiger partial charge is 0.124 e. The lowest BCUT2D eigenvalue weighted by molar-refractivity contribution is 0.632. The monoisotopic (exact) mass is 597 g/mol. The predicted molar refractivity (Wildman–Crippen MR) is 191 cm³/mol. The molecule has 0 saturated carbocycles. The van der Waals surface area contributed by atoms with Crippen LogP contribution in [0.15, 0.2) is 133 Å². The Morgan fingerprint density at radius 3 is 2.11 bits per heavy atom. The van der Waals surface area contributed by atoms with Gasteiger partial charge >= 0.3 is 0 Å². The molecule has 0 unspecified atom stereocenters. The van der Waals surface area contributed by atoms with E-state index in [1.807, 2.05) is 0 Å². The molecule has 2 aromatic heterocycles. The van der Waals surface area contributed by atoms with E-state index in [-0.39, 0.29) is 5.41 Å². The second-order valence-corrected chi connectivity index (χ2v) is 13.5. The van der Waals surface area contributed by atoms with Gasteiger partial charge in [0.2, 0.25) is 0 Å². The number of hydrogen-bond acceptors (Lipinski definition) is 3. The van der Waals surface area contributed by atoms with Crippen molar-refractivity contribution in [2.24, 2.45) is 7.05 Å². The van der Waals surface area contributed by atoms with Gasteiger partial charge in [0.25, 0.3) is 0 Å². The highest BCUT2D eigenvalue weighted by Crippen LogP contribution is 2.52. The van der Waals surface area contributed by atoms with Gasteiger partial charge in [0.1, 0.15) is 5.01 Å². The third kappa shape index (κ3) is 3.85. The molecule has 0 fully saturated rings. The normalized spacial score (nSPS) is 13.8. The topological polar surface area (TPSA) is 21.1 Å². The summed E-state index contributed by atoms with van der Waals surface area (Å²) in [5, 5.41) is 3.61. The van der Waals surface area contributed by atoms with E-state index in [4.69, 9.17) is 4.98 Å². The second-order valence-electron chi connectivity index (χ2n) is 12.5. The van der Waals surface area contributed by atoms with E-state index in [9.17, 15) is 0 Å². The van der Waals surface area contributed by atoms with Crippen molar-refractivity contribution in [1.29, 1.82) is 0 Å². The molecule has 0 aliphatic carbocycles. The number of aromatic nitrogens is 2. The van der Waals surface area contributed by atoms with Crippen LogP contribution in [-0.2, 0) is 12.5 Å². The van der Waals surface area contributed by atoms with Crippen LogP contribution < -0.4 is 4.90 Å². The van der Waals surface area contributed by atoms with Gasteiger partial charge in [0, 0.05) is 40.0 Å². The molecule has 1 aliphatic rings. The van der Waals surface area contributed by atoms with Crippen molar-refractivity contribution in [3.63, 3.8) is 0 Å². The number of thiazole rings is 1. The van der Waals surface area contributed by atoms with Crippen molar-refractivity contribution in [3.05, 3.63) is 145 Å². The minimum atomic E-state index is -0.148. The van der Waals surface area contributed by atoms with Crippen LogP contribution in [0.5, 0.6) is 0 Å². The fourth-order valence-corrected chi connectivity index (χ4v) is 8.47. The van der Waals surface area contributed by atoms with E-state index >= 15 is 0 Å². The van der Waals surface area contributed by atoms with Crippen LogP contribution in [0.4, 0.5) is 17.1 Å². The highest BCUT2D eigenvalue weighted by atomic mass is 32.1. The van der Waals surface area contributed by atoms with Gasteiger partial charge in [0.15, 0.2) is 0 Å². The molecule has 4 heteroatoms. The Hall–Kier alpha value is -5.19. The molecular weight excluding hydrogens is 567 g/mol. The Bertz CT molecular complexity index is 2420. The minimum Gasteiger partial charge on any atom is -0.342 e. The van der Waals surface area contributed by atoms with E-state index in [1.54, 1.807) is 11.3 Å². The van der Waals surface area contributed by atoms with Gasteiger partial charge in [-0.2, -0.15) is 0 Å². The van der Waals surface area contributed by atoms with Gasteiger partial charge in [-0.1, -0.05) is 92.7 Å². The Morgan fingerprint density at radius 2 is 1.29 bits per heavy atom. The summed E-state index contributed by atoms with van der Waals surface area (Å²) in [5.74, 6) is 0. The number of anilines is 3. The van der Waals surface area contributed by atoms with Crippen molar-refractivity contribution in [2.45, 2.75) is 19.3 Å². The molecule has 0 atom stereocenters. The minimum absolute atomic E-state index is 0.148. The molecule has 1 aliphatic heterocycles. The number of aryl methyl sites for hydroxylation is 1. The van der Waals surface area contributed by atoms with Crippen LogP contribution in [0.1, 0.15) is 25.0 Å². The first-order chi connectivity index (χ1) is 22.0. The molecule has 216 valence electrons. The Kier molecular flexibility index (Phi) is 5.63. The Morgan fingerprint density at radius 1 is 0.600 bits per heavy atom. The number of hydrogen-bond donors (Lipinski definition) is 0. The van der Waals surface area contributed by atoms with Crippen molar-refractivity contribution < 1.29 is 0 Å². The maximum atomic E-state index is 5.01. The van der Waals surface area contributed by atoms with Crippen LogP contribution >= 0.6 is 11.3 Å². The first-order valence-corrected chi connectivity index (χ1v) is 16.3. The molecule has 0 N–H and O–H groups in total. The van der Waals surface area contributed by atoms with Crippen LogP contribution in [-0.4, -0.2) is 9.55 Å². The fourth-order valence-electron chi connectivity index (χ4n) is 7.32. The van der Waals surface area contributed by atoms with Crippen molar-refractivity contribution >= 4 is 60.4 Å². The summed E-state index contributed by atoms with van der Waals surface area (Å²) in [6.07, 6.45) is 0. The number of rotatable bonds is 3. The molecule has 45 heavy (non-hydrogen) atoms. The second kappa shape index (κ2) is 9.65. The van der Waals surface area contributed by atoms with E-state index in [2.05, 4.69) is 164 Å². The maximum Gasteiger partial charge on any atom is 0.124 e. The zero-order valence-corrected chi connectivity index (χ0v) is 26.3. The van der Waals surface area contributed by atoms with Gasteiger partial charge in [0.05, 0.1) is 27.1 Å². The van der Waals surface area contributed by atoms with Crippen LogP contribution in [0.25, 0.3) is 53.7 Å². The fraction of sp³-hybridized carbons (Fsp3) is 0.0976. The summed E-state index contributed by atoms with van der Waals surface area (Å²) in [6.45, 7) is 4.71. The molecule has 0 amide bonds. The van der Waals surface area contributed by atoms with Crippen LogP contribution in [0, 0.1) is 0 Å². The lowest BCUT2D eigenvalue weighted by atomic mass is 9.73. The molecular formula is C41H31N3S. The van der Waals surface area contributed by atoms with E-state index in [0.717, 1.165) is 16.1 Å². The van der Waals surface area contributed by atoms with Crippen molar-refractivity contribution in [3.8, 4) is 21.7 Å². The molecule has 6 aromatic carbocycles. The van der Waals surface area contributed by atoms with Crippen molar-refractivity contribution in [1.82, 2.24) is 9.55 Å². The third-order valence-corrected chi connectivity index (χ3v) is 10.7. The summed E-state index contributed by atoms with van der Waals surface area (Å²) >= 11 is 1.78.